The van der Waals surface area contributed by atoms with Crippen LogP contribution in [0, 0.1) is 15.9 Å². The lowest BCUT2D eigenvalue weighted by Gasteiger charge is -2.00. The van der Waals surface area contributed by atoms with Crippen molar-refractivity contribution in [3.63, 3.8) is 0 Å². The van der Waals surface area contributed by atoms with Gasteiger partial charge in [0.2, 0.25) is 0 Å². The van der Waals surface area contributed by atoms with Crippen LogP contribution in [0.2, 0.25) is 0 Å². The first kappa shape index (κ1) is 13.0. The number of hydrogen-bond acceptors (Lipinski definition) is 3. The summed E-state index contributed by atoms with van der Waals surface area (Å²) in [6.45, 7) is 0. The number of carboxylic acid groups (broad SMARTS) is 1. The van der Waals surface area contributed by atoms with E-state index in [2.05, 4.69) is 0 Å². The maximum absolute atomic E-state index is 13.8. The molecule has 0 bridgehead atoms. The Morgan fingerprint density at radius 2 is 2.21 bits per heavy atom. The zero-order chi connectivity index (χ0) is 14.2. The first-order valence-corrected chi connectivity index (χ1v) is 5.54. The number of benzene rings is 1. The van der Waals surface area contributed by atoms with Gasteiger partial charge in [0.15, 0.2) is 0 Å². The van der Waals surface area contributed by atoms with Crippen molar-refractivity contribution in [2.45, 2.75) is 12.8 Å². The van der Waals surface area contributed by atoms with Gasteiger partial charge in [0.05, 0.1) is 4.92 Å². The topological polar surface area (TPSA) is 85.4 Å². The second-order valence-electron chi connectivity index (χ2n) is 4.21. The molecular weight excluding hydrogens is 255 g/mol. The molecule has 0 fully saturated rings. The normalized spacial score (nSPS) is 10.8. The zero-order valence-corrected chi connectivity index (χ0v) is 10.1. The van der Waals surface area contributed by atoms with Gasteiger partial charge in [-0.05, 0) is 18.1 Å². The summed E-state index contributed by atoms with van der Waals surface area (Å²) in [7, 11) is 1.57. The number of aromatic nitrogens is 1. The second-order valence-corrected chi connectivity index (χ2v) is 4.21. The highest BCUT2D eigenvalue weighted by atomic mass is 19.1. The molecule has 100 valence electrons. The first-order chi connectivity index (χ1) is 8.91. The van der Waals surface area contributed by atoms with Crippen molar-refractivity contribution >= 4 is 22.6 Å². The Balaban J connectivity index is 2.65. The van der Waals surface area contributed by atoms with Gasteiger partial charge in [-0.15, -0.1) is 0 Å². The molecule has 0 aliphatic rings. The molecule has 0 unspecified atom stereocenters. The van der Waals surface area contributed by atoms with Crippen molar-refractivity contribution in [1.82, 2.24) is 4.57 Å². The van der Waals surface area contributed by atoms with E-state index < -0.39 is 16.7 Å². The molecule has 0 aliphatic carbocycles. The predicted octanol–water partition coefficient (Wildman–Crippen LogP) is 2.24. The lowest BCUT2D eigenvalue weighted by atomic mass is 10.1. The lowest BCUT2D eigenvalue weighted by molar-refractivity contribution is -0.383. The molecule has 0 atom stereocenters. The lowest BCUT2D eigenvalue weighted by Crippen LogP contribution is -1.97. The van der Waals surface area contributed by atoms with E-state index in [-0.39, 0.29) is 29.4 Å². The number of aliphatic carboxylic acids is 1. The molecule has 6 nitrogen and oxygen atoms in total. The fourth-order valence-electron chi connectivity index (χ4n) is 2.16. The molecule has 1 aromatic carbocycles. The Bertz CT molecular complexity index is 678. The fourth-order valence-corrected chi connectivity index (χ4v) is 2.16. The van der Waals surface area contributed by atoms with Gasteiger partial charge in [-0.25, -0.2) is 4.39 Å². The molecule has 19 heavy (non-hydrogen) atoms. The van der Waals surface area contributed by atoms with E-state index in [1.165, 1.54) is 10.8 Å². The number of aryl methyl sites for hydroxylation is 2. The summed E-state index contributed by atoms with van der Waals surface area (Å²) in [6, 6.07) is 2.14. The number of nitro groups is 1. The average Bonchev–Trinajstić information content (AvgIpc) is 2.65. The van der Waals surface area contributed by atoms with Crippen molar-refractivity contribution in [1.29, 1.82) is 0 Å². The Morgan fingerprint density at radius 3 is 2.79 bits per heavy atom. The van der Waals surface area contributed by atoms with Gasteiger partial charge in [-0.2, -0.15) is 0 Å². The summed E-state index contributed by atoms with van der Waals surface area (Å²) >= 11 is 0. The van der Waals surface area contributed by atoms with Gasteiger partial charge in [0, 0.05) is 31.1 Å². The molecule has 2 rings (SSSR count). The Hall–Kier alpha value is -2.44. The van der Waals surface area contributed by atoms with Crippen LogP contribution in [0.5, 0.6) is 0 Å². The SMILES string of the molecule is Cn1cc(CCC(=O)O)c2c(F)ccc([N+](=O)[O-])c21. The Labute approximate surface area is 107 Å². The molecular formula is C12H11FN2O4. The average molecular weight is 266 g/mol. The Morgan fingerprint density at radius 1 is 1.53 bits per heavy atom. The van der Waals surface area contributed by atoms with Crippen molar-refractivity contribution in [3.05, 3.63) is 39.8 Å². The summed E-state index contributed by atoms with van der Waals surface area (Å²) < 4.78 is 15.3. The summed E-state index contributed by atoms with van der Waals surface area (Å²) in [5.74, 6) is -1.58. The van der Waals surface area contributed by atoms with E-state index in [1.54, 1.807) is 7.05 Å². The molecule has 0 saturated heterocycles. The number of carboxylic acids is 1. The van der Waals surface area contributed by atoms with Gasteiger partial charge in [-0.3, -0.25) is 14.9 Å². The highest BCUT2D eigenvalue weighted by Gasteiger charge is 2.21. The quantitative estimate of drug-likeness (QED) is 0.679. The van der Waals surface area contributed by atoms with Crippen LogP contribution in [0.3, 0.4) is 0 Å². The van der Waals surface area contributed by atoms with Crippen molar-refractivity contribution < 1.29 is 19.2 Å². The highest BCUT2D eigenvalue weighted by molar-refractivity contribution is 5.92. The largest absolute Gasteiger partial charge is 0.481 e. The van der Waals surface area contributed by atoms with Crippen LogP contribution >= 0.6 is 0 Å². The minimum atomic E-state index is -0.997. The van der Waals surface area contributed by atoms with Crippen molar-refractivity contribution in [2.75, 3.05) is 0 Å². The number of nitro benzene ring substituents is 1. The van der Waals surface area contributed by atoms with Gasteiger partial charge in [-0.1, -0.05) is 0 Å². The maximum atomic E-state index is 13.8. The summed E-state index contributed by atoms with van der Waals surface area (Å²) in [4.78, 5) is 20.9. The summed E-state index contributed by atoms with van der Waals surface area (Å²) in [5, 5.41) is 19.7. The molecule has 1 N–H and O–H groups in total. The van der Waals surface area contributed by atoms with Crippen molar-refractivity contribution in [2.24, 2.45) is 7.05 Å². The first-order valence-electron chi connectivity index (χ1n) is 5.54. The third-order valence-electron chi connectivity index (χ3n) is 2.93. The van der Waals surface area contributed by atoms with E-state index in [4.69, 9.17) is 5.11 Å². The number of hydrogen-bond donors (Lipinski definition) is 1. The number of rotatable bonds is 4. The minimum Gasteiger partial charge on any atom is -0.481 e. The second kappa shape index (κ2) is 4.68. The van der Waals surface area contributed by atoms with Gasteiger partial charge in [0.25, 0.3) is 5.69 Å². The predicted molar refractivity (Wildman–Crippen MR) is 65.5 cm³/mol. The van der Waals surface area contributed by atoms with Crippen LogP contribution < -0.4 is 0 Å². The molecule has 1 aromatic heterocycles. The summed E-state index contributed by atoms with van der Waals surface area (Å²) in [6.07, 6.45) is 1.51. The number of carbonyl (C=O) groups is 1. The minimum absolute atomic E-state index is 0.123. The third-order valence-corrected chi connectivity index (χ3v) is 2.93. The number of nitrogens with zero attached hydrogens (tertiary/aromatic N) is 2. The van der Waals surface area contributed by atoms with Crippen LogP contribution in [0.1, 0.15) is 12.0 Å². The fraction of sp³-hybridized carbons (Fsp3) is 0.250. The van der Waals surface area contributed by atoms with Gasteiger partial charge >= 0.3 is 5.97 Å². The van der Waals surface area contributed by atoms with Crippen LogP contribution in [-0.4, -0.2) is 20.6 Å². The molecule has 0 aliphatic heterocycles. The van der Waals surface area contributed by atoms with Crippen LogP contribution in [-0.2, 0) is 18.3 Å². The summed E-state index contributed by atoms with van der Waals surface area (Å²) in [5.41, 5.74) is 0.437. The van der Waals surface area contributed by atoms with E-state index in [0.29, 0.717) is 5.56 Å². The van der Waals surface area contributed by atoms with Gasteiger partial charge in [0.1, 0.15) is 11.3 Å². The van der Waals surface area contributed by atoms with E-state index in [0.717, 1.165) is 12.1 Å². The standard InChI is InChI=1S/C12H11FN2O4/c1-14-6-7(2-5-10(16)17)11-8(13)3-4-9(12(11)14)15(18)19/h3-4,6H,2,5H2,1H3,(H,16,17). The smallest absolute Gasteiger partial charge is 0.303 e. The maximum Gasteiger partial charge on any atom is 0.303 e. The number of halogens is 1. The number of non-ortho nitro benzene ring substituents is 1. The molecule has 0 saturated carbocycles. The molecule has 0 spiro atoms. The Kier molecular flexibility index (Phi) is 3.20. The molecule has 7 heteroatoms. The van der Waals surface area contributed by atoms with E-state index >= 15 is 0 Å². The van der Waals surface area contributed by atoms with Crippen LogP contribution in [0.25, 0.3) is 10.9 Å². The molecule has 0 amide bonds. The molecule has 0 radical (unpaired) electrons. The molecule has 2 aromatic rings. The van der Waals surface area contributed by atoms with E-state index in [9.17, 15) is 19.3 Å². The van der Waals surface area contributed by atoms with Gasteiger partial charge < -0.3 is 9.67 Å². The van der Waals surface area contributed by atoms with Crippen LogP contribution in [0.15, 0.2) is 18.3 Å². The monoisotopic (exact) mass is 266 g/mol. The third kappa shape index (κ3) is 2.26. The highest BCUT2D eigenvalue weighted by Crippen LogP contribution is 2.31. The van der Waals surface area contributed by atoms with E-state index in [1.807, 2.05) is 0 Å². The number of fused-ring (bicyclic) bond motifs is 1. The molecule has 1 heterocycles. The van der Waals surface area contributed by atoms with Crippen molar-refractivity contribution in [3.8, 4) is 0 Å². The zero-order valence-electron chi connectivity index (χ0n) is 10.1. The van der Waals surface area contributed by atoms with Crippen LogP contribution in [0.4, 0.5) is 10.1 Å².